The van der Waals surface area contributed by atoms with Crippen molar-refractivity contribution in [3.05, 3.63) is 35.6 Å². The van der Waals surface area contributed by atoms with Gasteiger partial charge in [0.1, 0.15) is 5.82 Å². The minimum absolute atomic E-state index is 0.146. The average Bonchev–Trinajstić information content (AvgIpc) is 2.67. The smallest absolute Gasteiger partial charge is 0.123 e. The first-order valence-electron chi connectivity index (χ1n) is 5.27. The van der Waals surface area contributed by atoms with E-state index in [0.717, 1.165) is 13.1 Å². The predicted molar refractivity (Wildman–Crippen MR) is 55.8 cm³/mol. The Balaban J connectivity index is 2.17. The zero-order valence-corrected chi connectivity index (χ0v) is 8.46. The molecule has 1 N–H and O–H groups in total. The van der Waals surface area contributed by atoms with Gasteiger partial charge in [-0.3, -0.25) is 0 Å². The van der Waals surface area contributed by atoms with E-state index in [0.29, 0.717) is 11.8 Å². The van der Waals surface area contributed by atoms with Gasteiger partial charge in [-0.15, -0.1) is 0 Å². The lowest BCUT2D eigenvalue weighted by Gasteiger charge is -2.16. The summed E-state index contributed by atoms with van der Waals surface area (Å²) in [4.78, 5) is 0. The fourth-order valence-corrected chi connectivity index (χ4v) is 2.26. The van der Waals surface area contributed by atoms with Crippen molar-refractivity contribution >= 4 is 0 Å². The molecule has 0 saturated carbocycles. The van der Waals surface area contributed by atoms with Crippen molar-refractivity contribution in [2.24, 2.45) is 5.92 Å². The number of hydrogen-bond acceptors (Lipinski definition) is 1. The molecule has 0 unspecified atom stereocenters. The van der Waals surface area contributed by atoms with Gasteiger partial charge in [0.05, 0.1) is 0 Å². The van der Waals surface area contributed by atoms with E-state index in [2.05, 4.69) is 12.2 Å². The van der Waals surface area contributed by atoms with Crippen molar-refractivity contribution in [2.45, 2.75) is 19.3 Å². The van der Waals surface area contributed by atoms with E-state index in [4.69, 9.17) is 0 Å². The van der Waals surface area contributed by atoms with Crippen molar-refractivity contribution in [1.82, 2.24) is 5.32 Å². The van der Waals surface area contributed by atoms with Crippen LogP contribution >= 0.6 is 0 Å². The Kier molecular flexibility index (Phi) is 2.82. The van der Waals surface area contributed by atoms with Crippen LogP contribution in [0.2, 0.25) is 0 Å². The molecule has 2 heteroatoms. The maximum Gasteiger partial charge on any atom is 0.123 e. The van der Waals surface area contributed by atoms with Crippen LogP contribution in [0.4, 0.5) is 4.39 Å². The quantitative estimate of drug-likeness (QED) is 0.761. The molecule has 0 amide bonds. The highest BCUT2D eigenvalue weighted by molar-refractivity contribution is 5.22. The second-order valence-corrected chi connectivity index (χ2v) is 3.98. The standard InChI is InChI=1S/C12H16FN/c1-2-9-7-14-8-12(9)10-3-5-11(13)6-4-10/h3-6,9,12,14H,2,7-8H2,1H3/t9-,12+/m0/s1. The minimum Gasteiger partial charge on any atom is -0.316 e. The first-order valence-corrected chi connectivity index (χ1v) is 5.27. The molecule has 1 saturated heterocycles. The molecule has 1 nitrogen and oxygen atoms in total. The van der Waals surface area contributed by atoms with Gasteiger partial charge in [0, 0.05) is 12.5 Å². The molecule has 76 valence electrons. The van der Waals surface area contributed by atoms with E-state index in [1.54, 1.807) is 12.1 Å². The van der Waals surface area contributed by atoms with E-state index in [-0.39, 0.29) is 5.82 Å². The summed E-state index contributed by atoms with van der Waals surface area (Å²) >= 11 is 0. The monoisotopic (exact) mass is 193 g/mol. The zero-order chi connectivity index (χ0) is 9.97. The summed E-state index contributed by atoms with van der Waals surface area (Å²) in [7, 11) is 0. The van der Waals surface area contributed by atoms with Gasteiger partial charge in [0.25, 0.3) is 0 Å². The van der Waals surface area contributed by atoms with Gasteiger partial charge in [0.2, 0.25) is 0 Å². The van der Waals surface area contributed by atoms with Crippen molar-refractivity contribution in [3.8, 4) is 0 Å². The third-order valence-electron chi connectivity index (χ3n) is 3.16. The molecule has 0 aliphatic carbocycles. The Labute approximate surface area is 84.3 Å². The van der Waals surface area contributed by atoms with Gasteiger partial charge in [-0.05, 0) is 30.2 Å². The van der Waals surface area contributed by atoms with E-state index < -0.39 is 0 Å². The Morgan fingerprint density at radius 2 is 2.00 bits per heavy atom. The molecule has 2 rings (SSSR count). The highest BCUT2D eigenvalue weighted by Crippen LogP contribution is 2.29. The lowest BCUT2D eigenvalue weighted by molar-refractivity contribution is 0.502. The Morgan fingerprint density at radius 1 is 1.29 bits per heavy atom. The number of benzene rings is 1. The van der Waals surface area contributed by atoms with Crippen LogP contribution in [0.15, 0.2) is 24.3 Å². The molecule has 2 atom stereocenters. The van der Waals surface area contributed by atoms with Gasteiger partial charge in [-0.25, -0.2) is 4.39 Å². The van der Waals surface area contributed by atoms with Crippen LogP contribution in [0.25, 0.3) is 0 Å². The minimum atomic E-state index is -0.146. The second-order valence-electron chi connectivity index (χ2n) is 3.98. The lowest BCUT2D eigenvalue weighted by atomic mass is 9.87. The lowest BCUT2D eigenvalue weighted by Crippen LogP contribution is -2.09. The van der Waals surface area contributed by atoms with Crippen molar-refractivity contribution in [3.63, 3.8) is 0 Å². The fourth-order valence-electron chi connectivity index (χ4n) is 2.26. The molecule has 1 aromatic rings. The summed E-state index contributed by atoms with van der Waals surface area (Å²) in [6, 6.07) is 6.94. The molecule has 0 bridgehead atoms. The van der Waals surface area contributed by atoms with Gasteiger partial charge in [0.15, 0.2) is 0 Å². The molecule has 14 heavy (non-hydrogen) atoms. The summed E-state index contributed by atoms with van der Waals surface area (Å²) in [5.74, 6) is 1.13. The Morgan fingerprint density at radius 3 is 2.64 bits per heavy atom. The fraction of sp³-hybridized carbons (Fsp3) is 0.500. The second kappa shape index (κ2) is 4.09. The molecule has 1 aliphatic heterocycles. The molecule has 1 aromatic carbocycles. The number of hydrogen-bond donors (Lipinski definition) is 1. The van der Waals surface area contributed by atoms with Crippen molar-refractivity contribution < 1.29 is 4.39 Å². The van der Waals surface area contributed by atoms with E-state index in [9.17, 15) is 4.39 Å². The molecule has 1 heterocycles. The molecular formula is C12H16FN. The van der Waals surface area contributed by atoms with Crippen molar-refractivity contribution in [1.29, 1.82) is 0 Å². The van der Waals surface area contributed by atoms with Crippen LogP contribution in [0.5, 0.6) is 0 Å². The molecule has 1 fully saturated rings. The number of halogens is 1. The third-order valence-corrected chi connectivity index (χ3v) is 3.16. The van der Waals surface area contributed by atoms with Crippen LogP contribution in [-0.4, -0.2) is 13.1 Å². The van der Waals surface area contributed by atoms with Gasteiger partial charge < -0.3 is 5.32 Å². The Bertz CT molecular complexity index is 294. The van der Waals surface area contributed by atoms with E-state index in [1.807, 2.05) is 12.1 Å². The average molecular weight is 193 g/mol. The van der Waals surface area contributed by atoms with Crippen LogP contribution in [-0.2, 0) is 0 Å². The van der Waals surface area contributed by atoms with E-state index >= 15 is 0 Å². The first-order chi connectivity index (χ1) is 6.81. The third kappa shape index (κ3) is 1.80. The number of rotatable bonds is 2. The molecule has 0 aromatic heterocycles. The normalized spacial score (nSPS) is 26.7. The first kappa shape index (κ1) is 9.66. The summed E-state index contributed by atoms with van der Waals surface area (Å²) in [6.45, 7) is 4.34. The largest absolute Gasteiger partial charge is 0.316 e. The van der Waals surface area contributed by atoms with Crippen LogP contribution in [0.3, 0.4) is 0 Å². The van der Waals surface area contributed by atoms with Gasteiger partial charge in [-0.1, -0.05) is 25.5 Å². The van der Waals surface area contributed by atoms with Crippen LogP contribution in [0, 0.1) is 11.7 Å². The summed E-state index contributed by atoms with van der Waals surface area (Å²) in [5, 5.41) is 3.39. The molecule has 0 spiro atoms. The zero-order valence-electron chi connectivity index (χ0n) is 8.46. The molecular weight excluding hydrogens is 177 g/mol. The summed E-state index contributed by atoms with van der Waals surface area (Å²) in [6.07, 6.45) is 1.19. The summed E-state index contributed by atoms with van der Waals surface area (Å²) in [5.41, 5.74) is 1.27. The highest BCUT2D eigenvalue weighted by Gasteiger charge is 2.26. The number of nitrogens with one attached hydrogen (secondary N) is 1. The summed E-state index contributed by atoms with van der Waals surface area (Å²) < 4.78 is 12.7. The molecule has 0 radical (unpaired) electrons. The van der Waals surface area contributed by atoms with Gasteiger partial charge >= 0.3 is 0 Å². The molecule has 1 aliphatic rings. The van der Waals surface area contributed by atoms with Gasteiger partial charge in [-0.2, -0.15) is 0 Å². The van der Waals surface area contributed by atoms with E-state index in [1.165, 1.54) is 12.0 Å². The van der Waals surface area contributed by atoms with Crippen LogP contribution < -0.4 is 5.32 Å². The SMILES string of the molecule is CC[C@H]1CNC[C@H]1c1ccc(F)cc1. The Hall–Kier alpha value is -0.890. The topological polar surface area (TPSA) is 12.0 Å². The van der Waals surface area contributed by atoms with Crippen molar-refractivity contribution in [2.75, 3.05) is 13.1 Å². The highest BCUT2D eigenvalue weighted by atomic mass is 19.1. The predicted octanol–water partition coefficient (Wildman–Crippen LogP) is 2.54. The maximum absolute atomic E-state index is 12.7. The maximum atomic E-state index is 12.7. The van der Waals surface area contributed by atoms with Crippen LogP contribution in [0.1, 0.15) is 24.8 Å².